The van der Waals surface area contributed by atoms with Crippen LogP contribution in [0.2, 0.25) is 0 Å². The molecule has 26 heavy (non-hydrogen) atoms. The van der Waals surface area contributed by atoms with Crippen LogP contribution in [-0.2, 0) is 14.3 Å². The molecule has 2 aromatic carbocycles. The summed E-state index contributed by atoms with van der Waals surface area (Å²) >= 11 is 0. The standard InChI is InChI=1S/C19H17NO5S/c1-13-4-6-15(7-5-13)26(21,22)24-12-14-11-23-18-9-8-17-16(19(18)25-14)3-2-10-20-17/h2-10,14H,11-12H2,1H3. The average Bonchev–Trinajstić information content (AvgIpc) is 2.66. The van der Waals surface area contributed by atoms with Crippen molar-refractivity contribution in [1.29, 1.82) is 0 Å². The Bertz CT molecular complexity index is 1050. The smallest absolute Gasteiger partial charge is 0.297 e. The van der Waals surface area contributed by atoms with Crippen molar-refractivity contribution in [2.24, 2.45) is 0 Å². The van der Waals surface area contributed by atoms with Gasteiger partial charge in [0.15, 0.2) is 17.6 Å². The van der Waals surface area contributed by atoms with E-state index in [0.29, 0.717) is 11.5 Å². The normalized spacial score (nSPS) is 16.6. The van der Waals surface area contributed by atoms with Crippen molar-refractivity contribution in [3.63, 3.8) is 0 Å². The van der Waals surface area contributed by atoms with Crippen molar-refractivity contribution in [3.8, 4) is 11.5 Å². The Labute approximate surface area is 151 Å². The fraction of sp³-hybridized carbons (Fsp3) is 0.211. The van der Waals surface area contributed by atoms with Gasteiger partial charge in [0, 0.05) is 11.6 Å². The third-order valence-electron chi connectivity index (χ3n) is 4.13. The van der Waals surface area contributed by atoms with Gasteiger partial charge in [0.2, 0.25) is 0 Å². The highest BCUT2D eigenvalue weighted by atomic mass is 32.2. The van der Waals surface area contributed by atoms with Gasteiger partial charge >= 0.3 is 0 Å². The number of fused-ring (bicyclic) bond motifs is 3. The average molecular weight is 371 g/mol. The molecule has 0 saturated carbocycles. The number of ether oxygens (including phenoxy) is 2. The van der Waals surface area contributed by atoms with Crippen LogP contribution in [0.15, 0.2) is 59.6 Å². The van der Waals surface area contributed by atoms with Crippen LogP contribution in [0.3, 0.4) is 0 Å². The Hall–Kier alpha value is -2.64. The van der Waals surface area contributed by atoms with E-state index in [1.807, 2.05) is 25.1 Å². The van der Waals surface area contributed by atoms with Crippen LogP contribution in [0.1, 0.15) is 5.56 Å². The number of nitrogens with zero attached hydrogens (tertiary/aromatic N) is 1. The fourth-order valence-electron chi connectivity index (χ4n) is 2.74. The van der Waals surface area contributed by atoms with Gasteiger partial charge in [-0.05, 0) is 43.3 Å². The molecule has 0 radical (unpaired) electrons. The van der Waals surface area contributed by atoms with Gasteiger partial charge in [-0.2, -0.15) is 8.42 Å². The summed E-state index contributed by atoms with van der Waals surface area (Å²) in [6, 6.07) is 13.9. The van der Waals surface area contributed by atoms with E-state index in [0.717, 1.165) is 16.5 Å². The first-order chi connectivity index (χ1) is 12.5. The molecular formula is C19H17NO5S. The summed E-state index contributed by atoms with van der Waals surface area (Å²) in [5, 5.41) is 0.816. The van der Waals surface area contributed by atoms with Crippen LogP contribution in [0.5, 0.6) is 11.5 Å². The lowest BCUT2D eigenvalue weighted by Gasteiger charge is -2.27. The zero-order chi connectivity index (χ0) is 18.1. The molecule has 134 valence electrons. The molecule has 0 saturated heterocycles. The summed E-state index contributed by atoms with van der Waals surface area (Å²) in [4.78, 5) is 4.40. The third-order valence-corrected chi connectivity index (χ3v) is 5.42. The summed E-state index contributed by atoms with van der Waals surface area (Å²) in [6.07, 6.45) is 1.17. The van der Waals surface area contributed by atoms with Gasteiger partial charge in [-0.15, -0.1) is 0 Å². The Kier molecular flexibility index (Phi) is 4.26. The Morgan fingerprint density at radius 3 is 2.77 bits per heavy atom. The maximum atomic E-state index is 12.3. The summed E-state index contributed by atoms with van der Waals surface area (Å²) in [5.74, 6) is 1.17. The first-order valence-electron chi connectivity index (χ1n) is 8.16. The number of pyridine rings is 1. The third kappa shape index (κ3) is 3.23. The number of hydrogen-bond donors (Lipinski definition) is 0. The predicted molar refractivity (Wildman–Crippen MR) is 96.0 cm³/mol. The highest BCUT2D eigenvalue weighted by molar-refractivity contribution is 7.86. The lowest BCUT2D eigenvalue weighted by atomic mass is 10.1. The van der Waals surface area contributed by atoms with Crippen molar-refractivity contribution < 1.29 is 22.1 Å². The van der Waals surface area contributed by atoms with Crippen molar-refractivity contribution in [3.05, 3.63) is 60.3 Å². The topological polar surface area (TPSA) is 74.7 Å². The second kappa shape index (κ2) is 6.59. The molecule has 1 aromatic heterocycles. The first-order valence-corrected chi connectivity index (χ1v) is 9.57. The van der Waals surface area contributed by atoms with Crippen molar-refractivity contribution in [1.82, 2.24) is 4.98 Å². The molecule has 4 rings (SSSR count). The molecule has 6 nitrogen and oxygen atoms in total. The molecule has 0 N–H and O–H groups in total. The van der Waals surface area contributed by atoms with Crippen molar-refractivity contribution in [2.45, 2.75) is 17.9 Å². The van der Waals surface area contributed by atoms with E-state index in [2.05, 4.69) is 4.98 Å². The maximum absolute atomic E-state index is 12.3. The van der Waals surface area contributed by atoms with E-state index in [1.54, 1.807) is 24.4 Å². The zero-order valence-corrected chi connectivity index (χ0v) is 14.9. The molecule has 2 heterocycles. The predicted octanol–water partition coefficient (Wildman–Crippen LogP) is 3.09. The van der Waals surface area contributed by atoms with Gasteiger partial charge in [0.25, 0.3) is 10.1 Å². The van der Waals surface area contributed by atoms with E-state index in [4.69, 9.17) is 13.7 Å². The Balaban J connectivity index is 1.51. The number of aryl methyl sites for hydroxylation is 1. The largest absolute Gasteiger partial charge is 0.486 e. The molecule has 0 fully saturated rings. The first kappa shape index (κ1) is 16.8. The minimum atomic E-state index is -3.84. The van der Waals surface area contributed by atoms with Gasteiger partial charge in [-0.1, -0.05) is 17.7 Å². The monoisotopic (exact) mass is 371 g/mol. The van der Waals surface area contributed by atoms with E-state index < -0.39 is 16.2 Å². The van der Waals surface area contributed by atoms with Gasteiger partial charge in [0.1, 0.15) is 13.2 Å². The van der Waals surface area contributed by atoms with Crippen LogP contribution in [0.4, 0.5) is 0 Å². The molecular weight excluding hydrogens is 354 g/mol. The maximum Gasteiger partial charge on any atom is 0.297 e. The van der Waals surface area contributed by atoms with E-state index in [9.17, 15) is 8.42 Å². The van der Waals surface area contributed by atoms with E-state index in [-0.39, 0.29) is 18.1 Å². The van der Waals surface area contributed by atoms with Gasteiger partial charge in [-0.25, -0.2) is 0 Å². The fourth-order valence-corrected chi connectivity index (χ4v) is 3.68. The molecule has 0 bridgehead atoms. The number of benzene rings is 2. The van der Waals surface area contributed by atoms with Crippen LogP contribution >= 0.6 is 0 Å². The lowest BCUT2D eigenvalue weighted by molar-refractivity contribution is 0.0571. The van der Waals surface area contributed by atoms with Gasteiger partial charge in [-0.3, -0.25) is 9.17 Å². The van der Waals surface area contributed by atoms with E-state index >= 15 is 0 Å². The van der Waals surface area contributed by atoms with Crippen LogP contribution in [0, 0.1) is 6.92 Å². The number of aromatic nitrogens is 1. The van der Waals surface area contributed by atoms with Crippen LogP contribution < -0.4 is 9.47 Å². The van der Waals surface area contributed by atoms with Gasteiger partial charge in [0.05, 0.1) is 10.4 Å². The number of hydrogen-bond acceptors (Lipinski definition) is 6. The summed E-state index contributed by atoms with van der Waals surface area (Å²) < 4.78 is 41.4. The molecule has 0 spiro atoms. The molecule has 7 heteroatoms. The molecule has 1 unspecified atom stereocenters. The molecule has 1 aliphatic rings. The number of rotatable bonds is 4. The molecule has 0 amide bonds. The second-order valence-electron chi connectivity index (χ2n) is 6.07. The second-order valence-corrected chi connectivity index (χ2v) is 7.68. The van der Waals surface area contributed by atoms with Crippen LogP contribution in [-0.4, -0.2) is 32.7 Å². The minimum absolute atomic E-state index is 0.120. The molecule has 0 aliphatic carbocycles. The highest BCUT2D eigenvalue weighted by Gasteiger charge is 2.26. The Morgan fingerprint density at radius 2 is 1.96 bits per heavy atom. The SMILES string of the molecule is Cc1ccc(S(=O)(=O)OCC2COc3ccc4ncccc4c3O2)cc1. The zero-order valence-electron chi connectivity index (χ0n) is 14.1. The molecule has 3 aromatic rings. The van der Waals surface area contributed by atoms with E-state index in [1.165, 1.54) is 12.1 Å². The van der Waals surface area contributed by atoms with Crippen LogP contribution in [0.25, 0.3) is 10.9 Å². The summed E-state index contributed by atoms with van der Waals surface area (Å²) in [6.45, 7) is 1.97. The summed E-state index contributed by atoms with van der Waals surface area (Å²) in [5.41, 5.74) is 1.76. The summed E-state index contributed by atoms with van der Waals surface area (Å²) in [7, 11) is -3.84. The Morgan fingerprint density at radius 1 is 1.15 bits per heavy atom. The molecule has 1 aliphatic heterocycles. The lowest BCUT2D eigenvalue weighted by Crippen LogP contribution is -2.34. The van der Waals surface area contributed by atoms with Crippen molar-refractivity contribution >= 4 is 21.0 Å². The molecule has 1 atom stereocenters. The van der Waals surface area contributed by atoms with Crippen molar-refractivity contribution in [2.75, 3.05) is 13.2 Å². The highest BCUT2D eigenvalue weighted by Crippen LogP contribution is 2.38. The quantitative estimate of drug-likeness (QED) is 0.656. The minimum Gasteiger partial charge on any atom is -0.486 e. The van der Waals surface area contributed by atoms with Gasteiger partial charge < -0.3 is 9.47 Å².